The van der Waals surface area contributed by atoms with E-state index in [2.05, 4.69) is 48.0 Å². The molecule has 3 rings (SSSR count). The highest BCUT2D eigenvalue weighted by atomic mass is 16.2. The van der Waals surface area contributed by atoms with Crippen molar-refractivity contribution in [2.45, 2.75) is 32.4 Å². The van der Waals surface area contributed by atoms with Gasteiger partial charge >= 0.3 is 0 Å². The summed E-state index contributed by atoms with van der Waals surface area (Å²) >= 11 is 0. The van der Waals surface area contributed by atoms with Gasteiger partial charge in [-0.25, -0.2) is 0 Å². The van der Waals surface area contributed by atoms with E-state index in [-0.39, 0.29) is 17.5 Å². The summed E-state index contributed by atoms with van der Waals surface area (Å²) in [6.45, 7) is 9.96. The lowest BCUT2D eigenvalue weighted by molar-refractivity contribution is -0.122. The van der Waals surface area contributed by atoms with Crippen molar-refractivity contribution in [1.29, 1.82) is 0 Å². The third kappa shape index (κ3) is 4.31. The highest BCUT2D eigenvalue weighted by molar-refractivity contribution is 5.95. The minimum absolute atomic E-state index is 0.00536. The fourth-order valence-electron chi connectivity index (χ4n) is 3.21. The molecule has 0 saturated carbocycles. The molecule has 1 aliphatic rings. The predicted molar refractivity (Wildman–Crippen MR) is 104 cm³/mol. The van der Waals surface area contributed by atoms with E-state index < -0.39 is 0 Å². The SMILES string of the molecule is CN1CCN(C(C(=O)Nc2cnn(C(C)(C)C)c2)c2ccccc2)CC1. The van der Waals surface area contributed by atoms with E-state index in [4.69, 9.17) is 0 Å². The molecule has 0 radical (unpaired) electrons. The van der Waals surface area contributed by atoms with Gasteiger partial charge in [0.2, 0.25) is 5.91 Å². The number of rotatable bonds is 4. The third-order valence-corrected chi connectivity index (χ3v) is 4.80. The number of carbonyl (C=O) groups excluding carboxylic acids is 1. The summed E-state index contributed by atoms with van der Waals surface area (Å²) in [7, 11) is 2.12. The molecule has 1 saturated heterocycles. The average Bonchev–Trinajstić information content (AvgIpc) is 3.07. The third-order valence-electron chi connectivity index (χ3n) is 4.80. The number of benzene rings is 1. The second-order valence-electron chi connectivity index (χ2n) is 7.99. The normalized spacial score (nSPS) is 17.8. The molecule has 140 valence electrons. The molecule has 1 aromatic carbocycles. The van der Waals surface area contributed by atoms with Crippen LogP contribution in [-0.4, -0.2) is 58.7 Å². The van der Waals surface area contributed by atoms with Crippen LogP contribution in [0.3, 0.4) is 0 Å². The number of amides is 1. The number of aromatic nitrogens is 2. The van der Waals surface area contributed by atoms with E-state index in [1.54, 1.807) is 6.20 Å². The zero-order valence-electron chi connectivity index (χ0n) is 16.1. The van der Waals surface area contributed by atoms with Gasteiger partial charge in [0.15, 0.2) is 0 Å². The van der Waals surface area contributed by atoms with Gasteiger partial charge in [-0.15, -0.1) is 0 Å². The van der Waals surface area contributed by atoms with E-state index in [0.717, 1.165) is 37.4 Å². The van der Waals surface area contributed by atoms with Gasteiger partial charge in [-0.05, 0) is 33.4 Å². The highest BCUT2D eigenvalue weighted by Gasteiger charge is 2.30. The van der Waals surface area contributed by atoms with Crippen molar-refractivity contribution in [3.8, 4) is 0 Å². The van der Waals surface area contributed by atoms with Gasteiger partial charge in [-0.3, -0.25) is 14.4 Å². The van der Waals surface area contributed by atoms with Gasteiger partial charge < -0.3 is 10.2 Å². The Bertz CT molecular complexity index is 726. The molecule has 0 bridgehead atoms. The molecule has 1 N–H and O–H groups in total. The van der Waals surface area contributed by atoms with Crippen LogP contribution >= 0.6 is 0 Å². The topological polar surface area (TPSA) is 53.4 Å². The smallest absolute Gasteiger partial charge is 0.246 e. The van der Waals surface area contributed by atoms with E-state index >= 15 is 0 Å². The lowest BCUT2D eigenvalue weighted by atomic mass is 10.0. The zero-order valence-corrected chi connectivity index (χ0v) is 16.1. The zero-order chi connectivity index (χ0) is 18.7. The molecule has 1 aromatic heterocycles. The minimum atomic E-state index is -0.289. The molecule has 2 aromatic rings. The summed E-state index contributed by atoms with van der Waals surface area (Å²) in [5.41, 5.74) is 1.65. The molecule has 6 nitrogen and oxygen atoms in total. The van der Waals surface area contributed by atoms with Crippen molar-refractivity contribution >= 4 is 11.6 Å². The molecule has 1 amide bonds. The average molecular weight is 355 g/mol. The Kier molecular flexibility index (Phi) is 5.44. The monoisotopic (exact) mass is 355 g/mol. The van der Waals surface area contributed by atoms with E-state index in [0.29, 0.717) is 0 Å². The molecule has 0 spiro atoms. The fourth-order valence-corrected chi connectivity index (χ4v) is 3.21. The summed E-state index contributed by atoms with van der Waals surface area (Å²) in [5, 5.41) is 7.44. The maximum Gasteiger partial charge on any atom is 0.246 e. The van der Waals surface area contributed by atoms with Crippen molar-refractivity contribution < 1.29 is 4.79 Å². The lowest BCUT2D eigenvalue weighted by Gasteiger charge is -2.37. The molecule has 0 aliphatic carbocycles. The summed E-state index contributed by atoms with van der Waals surface area (Å²) in [6.07, 6.45) is 3.61. The number of carbonyl (C=O) groups is 1. The van der Waals surface area contributed by atoms with Crippen LogP contribution in [0.15, 0.2) is 42.7 Å². The van der Waals surface area contributed by atoms with Gasteiger partial charge in [0, 0.05) is 32.4 Å². The van der Waals surface area contributed by atoms with Crippen LogP contribution in [0.25, 0.3) is 0 Å². The maximum absolute atomic E-state index is 13.1. The number of likely N-dealkylation sites (N-methyl/N-ethyl adjacent to an activating group) is 1. The number of anilines is 1. The standard InChI is InChI=1S/C20H29N5O/c1-20(2,3)25-15-17(14-21-25)22-19(26)18(16-8-6-5-7-9-16)24-12-10-23(4)11-13-24/h5-9,14-15,18H,10-13H2,1-4H3,(H,22,26). The predicted octanol–water partition coefficient (Wildman–Crippen LogP) is 2.57. The van der Waals surface area contributed by atoms with Gasteiger partial charge in [-0.2, -0.15) is 5.10 Å². The van der Waals surface area contributed by atoms with Gasteiger partial charge in [0.1, 0.15) is 6.04 Å². The largest absolute Gasteiger partial charge is 0.322 e. The Hall–Kier alpha value is -2.18. The van der Waals surface area contributed by atoms with E-state index in [9.17, 15) is 4.79 Å². The van der Waals surface area contributed by atoms with Crippen molar-refractivity contribution in [3.63, 3.8) is 0 Å². The summed E-state index contributed by atoms with van der Waals surface area (Å²) in [4.78, 5) is 17.7. The Labute approximate surface area is 155 Å². The van der Waals surface area contributed by atoms with Crippen LogP contribution in [0, 0.1) is 0 Å². The lowest BCUT2D eigenvalue weighted by Crippen LogP contribution is -2.48. The molecule has 6 heteroatoms. The molecular formula is C20H29N5O. The van der Waals surface area contributed by atoms with Crippen LogP contribution in [0.4, 0.5) is 5.69 Å². The maximum atomic E-state index is 13.1. The minimum Gasteiger partial charge on any atom is -0.322 e. The first-order valence-corrected chi connectivity index (χ1v) is 9.18. The van der Waals surface area contributed by atoms with Crippen LogP contribution < -0.4 is 5.32 Å². The summed E-state index contributed by atoms with van der Waals surface area (Å²) < 4.78 is 1.87. The molecular weight excluding hydrogens is 326 g/mol. The van der Waals surface area contributed by atoms with Gasteiger partial charge in [-0.1, -0.05) is 30.3 Å². The van der Waals surface area contributed by atoms with Crippen LogP contribution in [0.2, 0.25) is 0 Å². The number of piperazine rings is 1. The number of hydrogen-bond acceptors (Lipinski definition) is 4. The van der Waals surface area contributed by atoms with Gasteiger partial charge in [0.05, 0.1) is 17.4 Å². The first-order valence-electron chi connectivity index (χ1n) is 9.18. The van der Waals surface area contributed by atoms with Crippen molar-refractivity contribution in [3.05, 3.63) is 48.3 Å². The summed E-state index contributed by atoms with van der Waals surface area (Å²) in [5.74, 6) is -0.00536. The molecule has 1 aliphatic heterocycles. The first kappa shape index (κ1) is 18.6. The van der Waals surface area contributed by atoms with Crippen LogP contribution in [-0.2, 0) is 10.3 Å². The number of hydrogen-bond donors (Lipinski definition) is 1. The summed E-state index contributed by atoms with van der Waals surface area (Å²) in [6, 6.07) is 9.73. The Balaban J connectivity index is 1.80. The quantitative estimate of drug-likeness (QED) is 0.916. The Morgan fingerprint density at radius 3 is 2.35 bits per heavy atom. The first-order chi connectivity index (χ1) is 12.3. The molecule has 26 heavy (non-hydrogen) atoms. The van der Waals surface area contributed by atoms with E-state index in [1.807, 2.05) is 41.2 Å². The molecule has 2 heterocycles. The Morgan fingerprint density at radius 1 is 1.12 bits per heavy atom. The van der Waals surface area contributed by atoms with Crippen molar-refractivity contribution in [2.24, 2.45) is 0 Å². The van der Waals surface area contributed by atoms with E-state index in [1.165, 1.54) is 0 Å². The van der Waals surface area contributed by atoms with Crippen molar-refractivity contribution in [1.82, 2.24) is 19.6 Å². The van der Waals surface area contributed by atoms with Crippen LogP contribution in [0.5, 0.6) is 0 Å². The molecule has 1 fully saturated rings. The number of nitrogens with one attached hydrogen (secondary N) is 1. The van der Waals surface area contributed by atoms with Gasteiger partial charge in [0.25, 0.3) is 0 Å². The fraction of sp³-hybridized carbons (Fsp3) is 0.500. The molecule has 1 atom stereocenters. The van der Waals surface area contributed by atoms with Crippen LogP contribution in [0.1, 0.15) is 32.4 Å². The number of nitrogens with zero attached hydrogens (tertiary/aromatic N) is 4. The Morgan fingerprint density at radius 2 is 1.77 bits per heavy atom. The van der Waals surface area contributed by atoms with Crippen molar-refractivity contribution in [2.75, 3.05) is 38.5 Å². The highest BCUT2D eigenvalue weighted by Crippen LogP contribution is 2.24. The molecule has 1 unspecified atom stereocenters. The second-order valence-corrected chi connectivity index (χ2v) is 7.99. The second kappa shape index (κ2) is 7.60.